The van der Waals surface area contributed by atoms with Gasteiger partial charge in [0.05, 0.1) is 17.6 Å². The molecule has 0 saturated carbocycles. The summed E-state index contributed by atoms with van der Waals surface area (Å²) in [6, 6.07) is 14.9. The molecule has 0 aliphatic rings. The Morgan fingerprint density at radius 1 is 1.30 bits per heavy atom. The largest absolute Gasteiger partial charge is 0.326 e. The highest BCUT2D eigenvalue weighted by Crippen LogP contribution is 2.19. The fraction of sp³-hybridized carbons (Fsp3) is 0.176. The molecule has 118 valence electrons. The summed E-state index contributed by atoms with van der Waals surface area (Å²) >= 11 is 9.36. The maximum atomic E-state index is 12.1. The lowest BCUT2D eigenvalue weighted by Gasteiger charge is -2.14. The first-order valence-electron chi connectivity index (χ1n) is 7.03. The highest BCUT2D eigenvalue weighted by molar-refractivity contribution is 9.10. The summed E-state index contributed by atoms with van der Waals surface area (Å²) in [6.07, 6.45) is 0. The maximum absolute atomic E-state index is 12.1. The molecular weight excluding hydrogens is 378 g/mol. The first-order valence-corrected chi connectivity index (χ1v) is 8.20. The molecule has 0 heterocycles. The predicted octanol–water partition coefficient (Wildman–Crippen LogP) is 2.63. The fourth-order valence-corrected chi connectivity index (χ4v) is 2.66. The van der Waals surface area contributed by atoms with Gasteiger partial charge in [0, 0.05) is 15.7 Å². The van der Waals surface area contributed by atoms with E-state index in [4.69, 9.17) is 16.9 Å². The molecule has 2 aromatic rings. The molecule has 23 heavy (non-hydrogen) atoms. The molecule has 0 spiro atoms. The van der Waals surface area contributed by atoms with Crippen LogP contribution >= 0.6 is 27.5 Å². The molecule has 0 bridgehead atoms. The quantitative estimate of drug-likeness (QED) is 0.820. The minimum atomic E-state index is -0.0969. The van der Waals surface area contributed by atoms with Gasteiger partial charge in [-0.15, -0.1) is 0 Å². The molecule has 0 aliphatic carbocycles. The van der Waals surface area contributed by atoms with Crippen LogP contribution in [0.25, 0.3) is 0 Å². The van der Waals surface area contributed by atoms with E-state index in [-0.39, 0.29) is 5.91 Å². The van der Waals surface area contributed by atoms with Gasteiger partial charge < -0.3 is 10.2 Å². The van der Waals surface area contributed by atoms with Gasteiger partial charge in [-0.05, 0) is 30.3 Å². The van der Waals surface area contributed by atoms with E-state index >= 15 is 0 Å². The van der Waals surface area contributed by atoms with Crippen LogP contribution in [0, 0.1) is 11.3 Å². The Kier molecular flexibility index (Phi) is 6.17. The maximum Gasteiger partial charge on any atom is 0.279 e. The first kappa shape index (κ1) is 17.5. The second-order valence-electron chi connectivity index (χ2n) is 5.29. The molecule has 0 fully saturated rings. The Hall–Kier alpha value is -1.87. The summed E-state index contributed by atoms with van der Waals surface area (Å²) in [7, 11) is 1.97. The summed E-state index contributed by atoms with van der Waals surface area (Å²) in [5, 5.41) is 12.0. The molecule has 6 heteroatoms. The summed E-state index contributed by atoms with van der Waals surface area (Å²) < 4.78 is 1.04. The van der Waals surface area contributed by atoms with E-state index in [1.165, 1.54) is 5.56 Å². The van der Waals surface area contributed by atoms with E-state index in [9.17, 15) is 4.79 Å². The van der Waals surface area contributed by atoms with E-state index < -0.39 is 0 Å². The van der Waals surface area contributed by atoms with Gasteiger partial charge in [0.2, 0.25) is 0 Å². The van der Waals surface area contributed by atoms with Crippen LogP contribution in [-0.4, -0.2) is 19.5 Å². The Bertz CT molecular complexity index is 740. The minimum Gasteiger partial charge on any atom is -0.326 e. The third kappa shape index (κ3) is 5.36. The number of nitrogens with zero attached hydrogens (tertiary/aromatic N) is 1. The number of likely N-dealkylation sites (N-methyl/N-ethyl adjacent to an activating group) is 1. The van der Waals surface area contributed by atoms with E-state index in [1.807, 2.05) is 37.4 Å². The fourth-order valence-electron chi connectivity index (χ4n) is 2.18. The van der Waals surface area contributed by atoms with Crippen molar-refractivity contribution in [1.29, 1.82) is 5.26 Å². The van der Waals surface area contributed by atoms with Gasteiger partial charge in [0.25, 0.3) is 5.91 Å². The lowest BCUT2D eigenvalue weighted by atomic mass is 10.2. The van der Waals surface area contributed by atoms with Crippen LogP contribution in [0.5, 0.6) is 0 Å². The number of nitriles is 1. The van der Waals surface area contributed by atoms with Crippen molar-refractivity contribution in [3.8, 4) is 6.07 Å². The molecule has 1 atom stereocenters. The average Bonchev–Trinajstić information content (AvgIpc) is 2.49. The number of carbonyl (C=O) groups excluding carboxylic acids is 1. The summed E-state index contributed by atoms with van der Waals surface area (Å²) in [5.41, 5.74) is 2.15. The first-order chi connectivity index (χ1) is 11.0. The van der Waals surface area contributed by atoms with Crippen LogP contribution in [0.4, 0.5) is 5.69 Å². The molecule has 2 aromatic carbocycles. The molecule has 0 saturated heterocycles. The number of hydrogen-bond acceptors (Lipinski definition) is 2. The second-order valence-corrected chi connectivity index (χ2v) is 6.61. The van der Waals surface area contributed by atoms with Crippen LogP contribution in [0.2, 0.25) is 5.02 Å². The third-order valence-electron chi connectivity index (χ3n) is 3.25. The number of hydrogen-bond donors (Lipinski definition) is 2. The Morgan fingerprint density at radius 3 is 2.61 bits per heavy atom. The number of amides is 1. The van der Waals surface area contributed by atoms with Gasteiger partial charge in [0.1, 0.15) is 12.6 Å². The third-order valence-corrected chi connectivity index (χ3v) is 4.10. The molecule has 0 aliphatic heterocycles. The van der Waals surface area contributed by atoms with Crippen LogP contribution in [0.15, 0.2) is 46.9 Å². The van der Waals surface area contributed by atoms with Gasteiger partial charge in [0.15, 0.2) is 6.54 Å². The van der Waals surface area contributed by atoms with Gasteiger partial charge in [-0.1, -0.05) is 39.7 Å². The molecular formula is C17H16BrClN3O+. The zero-order valence-corrected chi connectivity index (χ0v) is 14.9. The van der Waals surface area contributed by atoms with Crippen molar-refractivity contribution in [2.75, 3.05) is 18.9 Å². The number of carbonyl (C=O) groups is 1. The lowest BCUT2D eigenvalue weighted by molar-refractivity contribution is -0.885. The Labute approximate surface area is 148 Å². The number of halogens is 2. The highest BCUT2D eigenvalue weighted by Gasteiger charge is 2.11. The molecule has 0 radical (unpaired) electrons. The molecule has 2 N–H and O–H groups in total. The summed E-state index contributed by atoms with van der Waals surface area (Å²) in [6.45, 7) is 1.10. The standard InChI is InChI=1S/C17H15BrClN3O/c1-22(10-12-2-5-14(18)6-3-12)11-17(23)21-15-7-4-13(9-20)16(19)8-15/h2-8H,10-11H2,1H3,(H,21,23)/p+1. The van der Waals surface area contributed by atoms with Crippen LogP contribution in [0.1, 0.15) is 11.1 Å². The smallest absolute Gasteiger partial charge is 0.279 e. The number of rotatable bonds is 5. The summed E-state index contributed by atoms with van der Waals surface area (Å²) in [4.78, 5) is 13.2. The van der Waals surface area contributed by atoms with Crippen molar-refractivity contribution < 1.29 is 9.69 Å². The molecule has 1 unspecified atom stereocenters. The number of quaternary nitrogens is 1. The summed E-state index contributed by atoms with van der Waals surface area (Å²) in [5.74, 6) is -0.0969. The van der Waals surface area contributed by atoms with Crippen molar-refractivity contribution in [2.24, 2.45) is 0 Å². The normalized spacial score (nSPS) is 11.6. The number of benzene rings is 2. The Balaban J connectivity index is 1.90. The highest BCUT2D eigenvalue weighted by atomic mass is 79.9. The van der Waals surface area contributed by atoms with Crippen molar-refractivity contribution in [1.82, 2.24) is 0 Å². The SMILES string of the molecule is C[NH+](CC(=O)Nc1ccc(C#N)c(Cl)c1)Cc1ccc(Br)cc1. The molecule has 2 rings (SSSR count). The van der Waals surface area contributed by atoms with Crippen LogP contribution in [-0.2, 0) is 11.3 Å². The van der Waals surface area contributed by atoms with Gasteiger partial charge >= 0.3 is 0 Å². The second kappa shape index (κ2) is 8.11. The van der Waals surface area contributed by atoms with Crippen LogP contribution < -0.4 is 10.2 Å². The minimum absolute atomic E-state index is 0.0969. The van der Waals surface area contributed by atoms with Crippen molar-refractivity contribution >= 4 is 39.1 Å². The molecule has 0 aromatic heterocycles. The zero-order valence-electron chi connectivity index (χ0n) is 12.6. The number of anilines is 1. The average molecular weight is 394 g/mol. The number of nitrogens with one attached hydrogen (secondary N) is 2. The molecule has 1 amide bonds. The Morgan fingerprint density at radius 2 is 2.00 bits per heavy atom. The lowest BCUT2D eigenvalue weighted by Crippen LogP contribution is -3.08. The van der Waals surface area contributed by atoms with Gasteiger partial charge in [-0.2, -0.15) is 5.26 Å². The van der Waals surface area contributed by atoms with E-state index in [2.05, 4.69) is 21.2 Å². The predicted molar refractivity (Wildman–Crippen MR) is 94.4 cm³/mol. The van der Waals surface area contributed by atoms with Gasteiger partial charge in [-0.25, -0.2) is 0 Å². The van der Waals surface area contributed by atoms with Crippen molar-refractivity contribution in [2.45, 2.75) is 6.54 Å². The monoisotopic (exact) mass is 392 g/mol. The van der Waals surface area contributed by atoms with E-state index in [0.717, 1.165) is 15.9 Å². The van der Waals surface area contributed by atoms with E-state index in [0.29, 0.717) is 22.8 Å². The molecule has 4 nitrogen and oxygen atoms in total. The van der Waals surface area contributed by atoms with Crippen LogP contribution in [0.3, 0.4) is 0 Å². The zero-order chi connectivity index (χ0) is 16.8. The topological polar surface area (TPSA) is 57.3 Å². The van der Waals surface area contributed by atoms with E-state index in [1.54, 1.807) is 18.2 Å². The van der Waals surface area contributed by atoms with Crippen molar-refractivity contribution in [3.05, 3.63) is 63.1 Å². The van der Waals surface area contributed by atoms with Crippen molar-refractivity contribution in [3.63, 3.8) is 0 Å². The van der Waals surface area contributed by atoms with Gasteiger partial charge in [-0.3, -0.25) is 4.79 Å².